The highest BCUT2D eigenvalue weighted by molar-refractivity contribution is 9.10. The van der Waals surface area contributed by atoms with E-state index >= 15 is 0 Å². The van der Waals surface area contributed by atoms with Crippen LogP contribution in [-0.2, 0) is 4.79 Å². The highest BCUT2D eigenvalue weighted by atomic mass is 79.9. The molecule has 24 heavy (non-hydrogen) atoms. The van der Waals surface area contributed by atoms with Crippen LogP contribution in [0.25, 0.3) is 22.2 Å². The summed E-state index contributed by atoms with van der Waals surface area (Å²) < 4.78 is 1.01. The predicted octanol–water partition coefficient (Wildman–Crippen LogP) is 5.72. The number of fused-ring (bicyclic) bond motifs is 1. The van der Waals surface area contributed by atoms with E-state index in [9.17, 15) is 4.79 Å². The largest absolute Gasteiger partial charge is 0.321 e. The van der Waals surface area contributed by atoms with E-state index in [2.05, 4.69) is 26.2 Å². The molecule has 2 aromatic carbocycles. The maximum Gasteiger partial charge on any atom is 0.256 e. The predicted molar refractivity (Wildman–Crippen MR) is 103 cm³/mol. The van der Waals surface area contributed by atoms with E-state index in [0.717, 1.165) is 32.0 Å². The SMILES string of the molecule is O=C1Nc2cc(Cl)ccc2/C1=C\c1csc(-c2cccc(Br)c2)n1. The molecule has 0 bridgehead atoms. The maximum absolute atomic E-state index is 12.2. The minimum Gasteiger partial charge on any atom is -0.321 e. The molecule has 118 valence electrons. The van der Waals surface area contributed by atoms with Gasteiger partial charge in [0.15, 0.2) is 0 Å². The van der Waals surface area contributed by atoms with Crippen molar-refractivity contribution in [1.82, 2.24) is 4.98 Å². The van der Waals surface area contributed by atoms with Gasteiger partial charge in [0.1, 0.15) is 5.01 Å². The number of amides is 1. The fraction of sp³-hybridized carbons (Fsp3) is 0. The molecule has 0 unspecified atom stereocenters. The summed E-state index contributed by atoms with van der Waals surface area (Å²) in [7, 11) is 0. The highest BCUT2D eigenvalue weighted by Crippen LogP contribution is 2.35. The second-order valence-corrected chi connectivity index (χ2v) is 7.50. The van der Waals surface area contributed by atoms with Crippen molar-refractivity contribution < 1.29 is 4.79 Å². The van der Waals surface area contributed by atoms with Crippen LogP contribution in [0.3, 0.4) is 0 Å². The van der Waals surface area contributed by atoms with Gasteiger partial charge in [0.25, 0.3) is 5.91 Å². The Labute approximate surface area is 156 Å². The molecule has 1 N–H and O–H groups in total. The van der Waals surface area contributed by atoms with E-state index < -0.39 is 0 Å². The maximum atomic E-state index is 12.2. The van der Waals surface area contributed by atoms with Crippen LogP contribution in [-0.4, -0.2) is 10.9 Å². The number of anilines is 1. The molecule has 0 spiro atoms. The van der Waals surface area contributed by atoms with Crippen molar-refractivity contribution in [2.75, 3.05) is 5.32 Å². The highest BCUT2D eigenvalue weighted by Gasteiger charge is 2.24. The summed E-state index contributed by atoms with van der Waals surface area (Å²) in [6.45, 7) is 0. The molecule has 1 aliphatic rings. The second kappa shape index (κ2) is 6.16. The van der Waals surface area contributed by atoms with Crippen LogP contribution >= 0.6 is 38.9 Å². The Kier molecular flexibility index (Phi) is 4.00. The molecule has 3 nitrogen and oxygen atoms in total. The van der Waals surface area contributed by atoms with Crippen molar-refractivity contribution in [2.45, 2.75) is 0 Å². The van der Waals surface area contributed by atoms with Gasteiger partial charge in [-0.2, -0.15) is 0 Å². The van der Waals surface area contributed by atoms with Crippen LogP contribution in [0, 0.1) is 0 Å². The summed E-state index contributed by atoms with van der Waals surface area (Å²) in [4.78, 5) is 16.8. The summed E-state index contributed by atoms with van der Waals surface area (Å²) in [6, 6.07) is 13.4. The van der Waals surface area contributed by atoms with E-state index in [1.54, 1.807) is 23.5 Å². The van der Waals surface area contributed by atoms with Crippen molar-refractivity contribution in [3.63, 3.8) is 0 Å². The molecule has 0 atom stereocenters. The van der Waals surface area contributed by atoms with Crippen LogP contribution in [0.4, 0.5) is 5.69 Å². The van der Waals surface area contributed by atoms with Crippen molar-refractivity contribution in [3.8, 4) is 10.6 Å². The lowest BCUT2D eigenvalue weighted by Gasteiger charge is -1.98. The monoisotopic (exact) mass is 416 g/mol. The second-order valence-electron chi connectivity index (χ2n) is 5.29. The number of hydrogen-bond acceptors (Lipinski definition) is 3. The van der Waals surface area contributed by atoms with Gasteiger partial charge in [0.2, 0.25) is 0 Å². The third kappa shape index (κ3) is 2.90. The quantitative estimate of drug-likeness (QED) is 0.542. The molecule has 6 heteroatoms. The Morgan fingerprint density at radius 3 is 2.92 bits per heavy atom. The van der Waals surface area contributed by atoms with Gasteiger partial charge < -0.3 is 5.32 Å². The zero-order valence-electron chi connectivity index (χ0n) is 12.2. The van der Waals surface area contributed by atoms with Gasteiger partial charge in [-0.05, 0) is 30.3 Å². The lowest BCUT2D eigenvalue weighted by molar-refractivity contribution is -0.110. The van der Waals surface area contributed by atoms with Crippen LogP contribution < -0.4 is 5.32 Å². The Bertz CT molecular complexity index is 996. The van der Waals surface area contributed by atoms with E-state index in [1.807, 2.05) is 41.8 Å². The number of carbonyl (C=O) groups excluding carboxylic acids is 1. The summed E-state index contributed by atoms with van der Waals surface area (Å²) >= 11 is 11.0. The Morgan fingerprint density at radius 2 is 2.08 bits per heavy atom. The van der Waals surface area contributed by atoms with Crippen molar-refractivity contribution in [1.29, 1.82) is 0 Å². The first-order valence-electron chi connectivity index (χ1n) is 7.14. The molecule has 0 aliphatic carbocycles. The van der Waals surface area contributed by atoms with Gasteiger partial charge >= 0.3 is 0 Å². The Morgan fingerprint density at radius 1 is 1.21 bits per heavy atom. The first-order chi connectivity index (χ1) is 11.6. The number of carbonyl (C=O) groups is 1. The average molecular weight is 418 g/mol. The standard InChI is InChI=1S/C18H10BrClN2OS/c19-11-3-1-2-10(6-11)18-21-13(9-24-18)8-15-14-5-4-12(20)7-16(14)22-17(15)23/h1-9H,(H,22,23)/b15-8+. The van der Waals surface area contributed by atoms with Gasteiger partial charge in [0, 0.05) is 26.0 Å². The molecule has 0 fully saturated rings. The van der Waals surface area contributed by atoms with Crippen LogP contribution in [0.2, 0.25) is 5.02 Å². The molecule has 3 aromatic rings. The minimum atomic E-state index is -0.135. The van der Waals surface area contributed by atoms with E-state index in [4.69, 9.17) is 11.6 Å². The smallest absolute Gasteiger partial charge is 0.256 e. The first kappa shape index (κ1) is 15.6. The number of aromatic nitrogens is 1. The van der Waals surface area contributed by atoms with E-state index in [1.165, 1.54) is 0 Å². The van der Waals surface area contributed by atoms with Crippen molar-refractivity contribution in [2.24, 2.45) is 0 Å². The van der Waals surface area contributed by atoms with Crippen LogP contribution in [0.15, 0.2) is 52.3 Å². The summed E-state index contributed by atoms with van der Waals surface area (Å²) in [6.07, 6.45) is 1.81. The third-order valence-electron chi connectivity index (χ3n) is 3.65. The molecule has 1 aliphatic heterocycles. The third-order valence-corrected chi connectivity index (χ3v) is 5.29. The van der Waals surface area contributed by atoms with Crippen LogP contribution in [0.1, 0.15) is 11.3 Å². The average Bonchev–Trinajstić information content (AvgIpc) is 3.13. The summed E-state index contributed by atoms with van der Waals surface area (Å²) in [5.74, 6) is -0.135. The lowest BCUT2D eigenvalue weighted by atomic mass is 10.1. The fourth-order valence-electron chi connectivity index (χ4n) is 2.56. The van der Waals surface area contributed by atoms with Gasteiger partial charge in [0.05, 0.1) is 17.0 Å². The van der Waals surface area contributed by atoms with E-state index in [0.29, 0.717) is 10.6 Å². The first-order valence-corrected chi connectivity index (χ1v) is 9.20. The summed E-state index contributed by atoms with van der Waals surface area (Å²) in [5.41, 5.74) is 4.00. The zero-order valence-corrected chi connectivity index (χ0v) is 15.4. The molecule has 4 rings (SSSR count). The molecule has 0 saturated carbocycles. The topological polar surface area (TPSA) is 42.0 Å². The molecular formula is C18H10BrClN2OS. The number of rotatable bonds is 2. The number of halogens is 2. The van der Waals surface area contributed by atoms with Crippen molar-refractivity contribution in [3.05, 3.63) is 68.6 Å². The van der Waals surface area contributed by atoms with E-state index in [-0.39, 0.29) is 5.91 Å². The summed E-state index contributed by atoms with van der Waals surface area (Å²) in [5, 5.41) is 6.29. The number of nitrogens with one attached hydrogen (secondary N) is 1. The number of thiazole rings is 1. The Balaban J connectivity index is 1.71. The molecule has 2 heterocycles. The molecule has 0 saturated heterocycles. The van der Waals surface area contributed by atoms with Gasteiger partial charge in [-0.3, -0.25) is 4.79 Å². The molecular weight excluding hydrogens is 408 g/mol. The van der Waals surface area contributed by atoms with Gasteiger partial charge in [-0.1, -0.05) is 45.7 Å². The normalized spacial score (nSPS) is 14.8. The lowest BCUT2D eigenvalue weighted by Crippen LogP contribution is -2.03. The zero-order chi connectivity index (χ0) is 16.7. The minimum absolute atomic E-state index is 0.135. The number of benzene rings is 2. The van der Waals surface area contributed by atoms with Crippen molar-refractivity contribution >= 4 is 62.1 Å². The number of hydrogen-bond donors (Lipinski definition) is 1. The van der Waals surface area contributed by atoms with Crippen LogP contribution in [0.5, 0.6) is 0 Å². The number of nitrogens with zero attached hydrogens (tertiary/aromatic N) is 1. The molecule has 1 amide bonds. The Hall–Kier alpha value is -1.95. The fourth-order valence-corrected chi connectivity index (χ4v) is 3.91. The van der Waals surface area contributed by atoms with Gasteiger partial charge in [-0.25, -0.2) is 4.98 Å². The van der Waals surface area contributed by atoms with Gasteiger partial charge in [-0.15, -0.1) is 11.3 Å². The molecule has 0 radical (unpaired) electrons. The molecule has 1 aromatic heterocycles.